The smallest absolute Gasteiger partial charge is 0.236 e. The second kappa shape index (κ2) is 4.87. The summed E-state index contributed by atoms with van der Waals surface area (Å²) in [4.78, 5) is 12.8. The highest BCUT2D eigenvalue weighted by Gasteiger charge is 2.18. The van der Waals surface area contributed by atoms with E-state index in [2.05, 4.69) is 5.10 Å². The predicted octanol–water partition coefficient (Wildman–Crippen LogP) is -0.124. The van der Waals surface area contributed by atoms with Crippen LogP contribution in [0.4, 0.5) is 11.5 Å². The van der Waals surface area contributed by atoms with Crippen LogP contribution in [0.15, 0.2) is 0 Å². The van der Waals surface area contributed by atoms with Crippen LogP contribution in [0.5, 0.6) is 0 Å². The van der Waals surface area contributed by atoms with Gasteiger partial charge >= 0.3 is 0 Å². The molecule has 4 N–H and O–H groups in total. The molecule has 90 valence electrons. The van der Waals surface area contributed by atoms with E-state index in [9.17, 15) is 4.79 Å². The summed E-state index contributed by atoms with van der Waals surface area (Å²) in [6.45, 7) is 4.76. The van der Waals surface area contributed by atoms with Gasteiger partial charge in [0.1, 0.15) is 0 Å². The van der Waals surface area contributed by atoms with Gasteiger partial charge in [0.15, 0.2) is 5.82 Å². The van der Waals surface area contributed by atoms with E-state index in [0.29, 0.717) is 12.2 Å². The lowest BCUT2D eigenvalue weighted by Crippen LogP contribution is -2.35. The molecule has 1 amide bonds. The van der Waals surface area contributed by atoms with E-state index in [1.165, 1.54) is 0 Å². The Balaban J connectivity index is 3.09. The summed E-state index contributed by atoms with van der Waals surface area (Å²) in [5.74, 6) is 0.388. The van der Waals surface area contributed by atoms with E-state index in [4.69, 9.17) is 11.5 Å². The fraction of sp³-hybridized carbons (Fsp3) is 0.600. The highest BCUT2D eigenvalue weighted by molar-refractivity contribution is 5.81. The van der Waals surface area contributed by atoms with Crippen molar-refractivity contribution in [2.75, 3.05) is 23.7 Å². The van der Waals surface area contributed by atoms with Gasteiger partial charge in [-0.15, -0.1) is 0 Å². The maximum atomic E-state index is 11.0. The number of aromatic nitrogens is 2. The number of aryl methyl sites for hydroxylation is 2. The summed E-state index contributed by atoms with van der Waals surface area (Å²) < 4.78 is 1.70. The Morgan fingerprint density at radius 2 is 2.12 bits per heavy atom. The highest BCUT2D eigenvalue weighted by atomic mass is 16.1. The zero-order valence-corrected chi connectivity index (χ0v) is 10.0. The molecule has 0 saturated carbocycles. The molecule has 0 aromatic carbocycles. The number of hydrogen-bond acceptors (Lipinski definition) is 4. The normalized spacial score (nSPS) is 10.4. The molecule has 0 aliphatic carbocycles. The van der Waals surface area contributed by atoms with Crippen molar-refractivity contribution in [2.45, 2.75) is 20.3 Å². The zero-order valence-electron chi connectivity index (χ0n) is 10.0. The number of amides is 1. The third-order valence-corrected chi connectivity index (χ3v) is 2.49. The number of carbonyl (C=O) groups excluding carboxylic acids is 1. The molecule has 0 radical (unpaired) electrons. The van der Waals surface area contributed by atoms with Gasteiger partial charge in [-0.05, 0) is 13.3 Å². The number of primary amides is 1. The van der Waals surface area contributed by atoms with Crippen LogP contribution in [0, 0.1) is 0 Å². The largest absolute Gasteiger partial charge is 0.394 e. The molecule has 0 aliphatic heterocycles. The summed E-state index contributed by atoms with van der Waals surface area (Å²) in [5, 5.41) is 4.30. The number of anilines is 2. The molecule has 1 heterocycles. The van der Waals surface area contributed by atoms with Gasteiger partial charge in [0.05, 0.1) is 17.9 Å². The van der Waals surface area contributed by atoms with Crippen molar-refractivity contribution in [2.24, 2.45) is 12.8 Å². The van der Waals surface area contributed by atoms with E-state index in [0.717, 1.165) is 17.9 Å². The zero-order chi connectivity index (χ0) is 12.3. The summed E-state index contributed by atoms with van der Waals surface area (Å²) in [7, 11) is 1.81. The molecule has 6 nitrogen and oxygen atoms in total. The number of nitrogens with two attached hydrogens (primary N) is 2. The Bertz CT molecular complexity index is 385. The minimum atomic E-state index is -0.375. The predicted molar refractivity (Wildman–Crippen MR) is 64.1 cm³/mol. The third-order valence-electron chi connectivity index (χ3n) is 2.49. The van der Waals surface area contributed by atoms with Crippen molar-refractivity contribution in [3.63, 3.8) is 0 Å². The minimum Gasteiger partial charge on any atom is -0.394 e. The van der Waals surface area contributed by atoms with E-state index in [1.54, 1.807) is 4.68 Å². The van der Waals surface area contributed by atoms with E-state index >= 15 is 0 Å². The van der Waals surface area contributed by atoms with Crippen LogP contribution in [0.1, 0.15) is 19.5 Å². The first-order valence-electron chi connectivity index (χ1n) is 5.35. The number of rotatable bonds is 5. The van der Waals surface area contributed by atoms with Crippen molar-refractivity contribution in [1.82, 2.24) is 9.78 Å². The standard InChI is InChI=1S/C10H19N5O/c1-4-7-9(12)10(14(3)13-7)15(5-2)6-8(11)16/h4-6,12H2,1-3H3,(H2,11,16). The fourth-order valence-electron chi connectivity index (χ4n) is 1.75. The van der Waals surface area contributed by atoms with E-state index in [-0.39, 0.29) is 12.5 Å². The lowest BCUT2D eigenvalue weighted by Gasteiger charge is -2.21. The Morgan fingerprint density at radius 3 is 2.50 bits per heavy atom. The lowest BCUT2D eigenvalue weighted by atomic mass is 10.3. The van der Waals surface area contributed by atoms with Crippen molar-refractivity contribution in [1.29, 1.82) is 0 Å². The minimum absolute atomic E-state index is 0.156. The van der Waals surface area contributed by atoms with Gasteiger partial charge in [0, 0.05) is 13.6 Å². The Morgan fingerprint density at radius 1 is 1.50 bits per heavy atom. The van der Waals surface area contributed by atoms with Crippen LogP contribution in [0.25, 0.3) is 0 Å². The van der Waals surface area contributed by atoms with Gasteiger partial charge in [-0.25, -0.2) is 0 Å². The first-order chi connectivity index (χ1) is 7.51. The van der Waals surface area contributed by atoms with Gasteiger partial charge in [0.25, 0.3) is 0 Å². The van der Waals surface area contributed by atoms with Gasteiger partial charge in [-0.2, -0.15) is 5.10 Å². The third kappa shape index (κ3) is 2.26. The van der Waals surface area contributed by atoms with Crippen molar-refractivity contribution < 1.29 is 4.79 Å². The average molecular weight is 225 g/mol. The van der Waals surface area contributed by atoms with Crippen LogP contribution in [0.3, 0.4) is 0 Å². The van der Waals surface area contributed by atoms with Crippen LogP contribution in [-0.4, -0.2) is 28.8 Å². The van der Waals surface area contributed by atoms with Crippen LogP contribution in [0.2, 0.25) is 0 Å². The molecule has 16 heavy (non-hydrogen) atoms. The monoisotopic (exact) mass is 225 g/mol. The summed E-state index contributed by atoms with van der Waals surface area (Å²) in [6, 6.07) is 0. The lowest BCUT2D eigenvalue weighted by molar-refractivity contribution is -0.116. The van der Waals surface area contributed by atoms with Gasteiger partial charge in [-0.3, -0.25) is 9.48 Å². The average Bonchev–Trinajstić information content (AvgIpc) is 2.50. The maximum Gasteiger partial charge on any atom is 0.236 e. The quantitative estimate of drug-likeness (QED) is 0.730. The molecule has 0 aliphatic rings. The first-order valence-corrected chi connectivity index (χ1v) is 5.35. The molecule has 0 atom stereocenters. The Hall–Kier alpha value is -1.72. The van der Waals surface area contributed by atoms with Crippen LogP contribution in [-0.2, 0) is 18.3 Å². The number of nitrogens with zero attached hydrogens (tertiary/aromatic N) is 3. The molecular formula is C10H19N5O. The molecule has 1 aromatic heterocycles. The van der Waals surface area contributed by atoms with Gasteiger partial charge < -0.3 is 16.4 Å². The van der Waals surface area contributed by atoms with Crippen LogP contribution >= 0.6 is 0 Å². The molecule has 0 spiro atoms. The van der Waals surface area contributed by atoms with Gasteiger partial charge in [-0.1, -0.05) is 6.92 Å². The molecule has 1 rings (SSSR count). The molecule has 1 aromatic rings. The van der Waals surface area contributed by atoms with Crippen molar-refractivity contribution in [3.8, 4) is 0 Å². The number of nitrogen functional groups attached to an aromatic ring is 1. The van der Waals surface area contributed by atoms with Crippen molar-refractivity contribution >= 4 is 17.4 Å². The van der Waals surface area contributed by atoms with E-state index < -0.39 is 0 Å². The molecule has 0 fully saturated rings. The number of likely N-dealkylation sites (N-methyl/N-ethyl adjacent to an activating group) is 1. The molecular weight excluding hydrogens is 206 g/mol. The molecule has 6 heteroatoms. The highest BCUT2D eigenvalue weighted by Crippen LogP contribution is 2.25. The van der Waals surface area contributed by atoms with Crippen molar-refractivity contribution in [3.05, 3.63) is 5.69 Å². The molecule has 0 unspecified atom stereocenters. The van der Waals surface area contributed by atoms with Crippen LogP contribution < -0.4 is 16.4 Å². The molecule has 0 bridgehead atoms. The first kappa shape index (κ1) is 12.4. The number of hydrogen-bond donors (Lipinski definition) is 2. The fourth-order valence-corrected chi connectivity index (χ4v) is 1.75. The topological polar surface area (TPSA) is 90.2 Å². The molecule has 0 saturated heterocycles. The van der Waals surface area contributed by atoms with E-state index in [1.807, 2.05) is 25.8 Å². The summed E-state index contributed by atoms with van der Waals surface area (Å²) in [5.41, 5.74) is 12.7. The maximum absolute atomic E-state index is 11.0. The second-order valence-electron chi connectivity index (χ2n) is 3.64. The summed E-state index contributed by atoms with van der Waals surface area (Å²) in [6.07, 6.45) is 0.772. The summed E-state index contributed by atoms with van der Waals surface area (Å²) >= 11 is 0. The Labute approximate surface area is 95.2 Å². The van der Waals surface area contributed by atoms with Gasteiger partial charge in [0.2, 0.25) is 5.91 Å². The SMILES string of the molecule is CCc1nn(C)c(N(CC)CC(N)=O)c1N. The Kier molecular flexibility index (Phi) is 3.76. The second-order valence-corrected chi connectivity index (χ2v) is 3.64. The number of carbonyl (C=O) groups is 1.